The number of hydrogen-bond acceptors (Lipinski definition) is 2. The normalized spacial score (nSPS) is 19.6. The van der Waals surface area contributed by atoms with Gasteiger partial charge in [-0.1, -0.05) is 19.3 Å². The van der Waals surface area contributed by atoms with Crippen molar-refractivity contribution in [2.45, 2.75) is 52.0 Å². The number of nitrogens with zero attached hydrogens (tertiary/aromatic N) is 2. The Labute approximate surface area is 96.8 Å². The van der Waals surface area contributed by atoms with Gasteiger partial charge < -0.3 is 9.67 Å². The third kappa shape index (κ3) is 2.29. The van der Waals surface area contributed by atoms with Crippen LogP contribution in [0.4, 0.5) is 0 Å². The van der Waals surface area contributed by atoms with E-state index in [-0.39, 0.29) is 0 Å². The quantitative estimate of drug-likeness (QED) is 0.772. The largest absolute Gasteiger partial charge is 0.512 e. The van der Waals surface area contributed by atoms with Gasteiger partial charge in [-0.15, -0.1) is 0 Å². The zero-order valence-corrected chi connectivity index (χ0v) is 10.1. The van der Waals surface area contributed by atoms with E-state index in [1.807, 2.05) is 13.3 Å². The average Bonchev–Trinajstić information content (AvgIpc) is 2.78. The van der Waals surface area contributed by atoms with Gasteiger partial charge in [0.2, 0.25) is 0 Å². The first kappa shape index (κ1) is 11.2. The number of hydrogen-bond donors (Lipinski definition) is 1. The van der Waals surface area contributed by atoms with Crippen LogP contribution in [0.2, 0.25) is 0 Å². The van der Waals surface area contributed by atoms with Crippen LogP contribution in [0.25, 0.3) is 5.57 Å². The Hall–Kier alpha value is -1.25. The predicted octanol–water partition coefficient (Wildman–Crippen LogP) is 3.70. The summed E-state index contributed by atoms with van der Waals surface area (Å²) in [4.78, 5) is 4.36. The van der Waals surface area contributed by atoms with Crippen LogP contribution in [0.15, 0.2) is 18.3 Å². The maximum atomic E-state index is 9.42. The number of rotatable bonds is 2. The van der Waals surface area contributed by atoms with E-state index in [9.17, 15) is 5.11 Å². The van der Waals surface area contributed by atoms with E-state index in [2.05, 4.69) is 15.7 Å². The molecule has 1 saturated carbocycles. The molecule has 1 heterocycles. The van der Waals surface area contributed by atoms with Gasteiger partial charge in [-0.25, -0.2) is 4.98 Å². The second-order valence-corrected chi connectivity index (χ2v) is 4.71. The second-order valence-electron chi connectivity index (χ2n) is 4.71. The van der Waals surface area contributed by atoms with Crippen LogP contribution in [0, 0.1) is 0 Å². The van der Waals surface area contributed by atoms with Gasteiger partial charge in [-0.2, -0.15) is 0 Å². The van der Waals surface area contributed by atoms with Gasteiger partial charge in [-0.05, 0) is 26.7 Å². The molecule has 0 amide bonds. The molecule has 88 valence electrons. The van der Waals surface area contributed by atoms with Crippen molar-refractivity contribution in [3.05, 3.63) is 24.0 Å². The first-order valence-corrected chi connectivity index (χ1v) is 6.09. The highest BCUT2D eigenvalue weighted by Crippen LogP contribution is 2.28. The maximum absolute atomic E-state index is 9.42. The summed E-state index contributed by atoms with van der Waals surface area (Å²) >= 11 is 0. The fraction of sp³-hybridized carbons (Fsp3) is 0.615. The molecule has 1 aromatic heterocycles. The summed E-state index contributed by atoms with van der Waals surface area (Å²) in [5.41, 5.74) is 1.76. The van der Waals surface area contributed by atoms with Crippen LogP contribution in [0.1, 0.15) is 57.7 Å². The molecule has 0 atom stereocenters. The summed E-state index contributed by atoms with van der Waals surface area (Å²) in [5.74, 6) is 0.355. The SMILES string of the molecule is C/C(O)=C(/C)c1cn(C2CCCCC2)cn1. The molecule has 0 aliphatic heterocycles. The Balaban J connectivity index is 2.15. The van der Waals surface area contributed by atoms with Crippen molar-refractivity contribution in [2.75, 3.05) is 0 Å². The molecule has 0 unspecified atom stereocenters. The summed E-state index contributed by atoms with van der Waals surface area (Å²) in [6.07, 6.45) is 10.5. The summed E-state index contributed by atoms with van der Waals surface area (Å²) in [5, 5.41) is 9.42. The van der Waals surface area contributed by atoms with E-state index in [4.69, 9.17) is 0 Å². The molecule has 3 heteroatoms. The van der Waals surface area contributed by atoms with Gasteiger partial charge in [0.05, 0.1) is 17.8 Å². The van der Waals surface area contributed by atoms with Crippen molar-refractivity contribution in [3.63, 3.8) is 0 Å². The number of aromatic nitrogens is 2. The molecule has 1 N–H and O–H groups in total. The Morgan fingerprint density at radius 2 is 2.00 bits per heavy atom. The van der Waals surface area contributed by atoms with Gasteiger partial charge in [0.15, 0.2) is 0 Å². The van der Waals surface area contributed by atoms with Crippen molar-refractivity contribution in [1.29, 1.82) is 0 Å². The molecule has 0 spiro atoms. The number of allylic oxidation sites excluding steroid dienone is 2. The zero-order valence-electron chi connectivity index (χ0n) is 10.1. The average molecular weight is 220 g/mol. The Kier molecular flexibility index (Phi) is 3.32. The topological polar surface area (TPSA) is 38.0 Å². The van der Waals surface area contributed by atoms with E-state index in [1.54, 1.807) is 6.92 Å². The minimum Gasteiger partial charge on any atom is -0.512 e. The molecule has 1 fully saturated rings. The van der Waals surface area contributed by atoms with Crippen LogP contribution in [-0.2, 0) is 0 Å². The zero-order chi connectivity index (χ0) is 11.5. The fourth-order valence-corrected chi connectivity index (χ4v) is 2.29. The molecule has 0 saturated heterocycles. The first-order chi connectivity index (χ1) is 7.68. The van der Waals surface area contributed by atoms with Crippen molar-refractivity contribution in [2.24, 2.45) is 0 Å². The summed E-state index contributed by atoms with van der Waals surface area (Å²) in [6.45, 7) is 3.61. The highest BCUT2D eigenvalue weighted by atomic mass is 16.3. The standard InChI is InChI=1S/C13H20N2O/c1-10(11(2)16)13-8-15(9-14-13)12-6-4-3-5-7-12/h8-9,12,16H,3-7H2,1-2H3/b11-10+. The van der Waals surface area contributed by atoms with E-state index < -0.39 is 0 Å². The van der Waals surface area contributed by atoms with Crippen LogP contribution in [0.5, 0.6) is 0 Å². The van der Waals surface area contributed by atoms with Crippen LogP contribution in [0.3, 0.4) is 0 Å². The lowest BCUT2D eigenvalue weighted by Gasteiger charge is -2.22. The number of imidazole rings is 1. The molecule has 3 nitrogen and oxygen atoms in total. The third-order valence-electron chi connectivity index (χ3n) is 3.52. The molecule has 1 aliphatic carbocycles. The van der Waals surface area contributed by atoms with E-state index in [0.717, 1.165) is 11.3 Å². The van der Waals surface area contributed by atoms with Crippen LogP contribution in [-0.4, -0.2) is 14.7 Å². The van der Waals surface area contributed by atoms with Crippen molar-refractivity contribution in [1.82, 2.24) is 9.55 Å². The lowest BCUT2D eigenvalue weighted by molar-refractivity contribution is 0.353. The summed E-state index contributed by atoms with van der Waals surface area (Å²) in [6, 6.07) is 0.613. The molecule has 1 aliphatic rings. The lowest BCUT2D eigenvalue weighted by atomic mass is 9.95. The Bertz CT molecular complexity index is 382. The van der Waals surface area contributed by atoms with Gasteiger partial charge in [0.1, 0.15) is 0 Å². The second kappa shape index (κ2) is 4.73. The lowest BCUT2D eigenvalue weighted by Crippen LogP contribution is -2.10. The van der Waals surface area contributed by atoms with Crippen molar-refractivity contribution in [3.8, 4) is 0 Å². The number of aliphatic hydroxyl groups excluding tert-OH is 1. The Morgan fingerprint density at radius 3 is 2.62 bits per heavy atom. The van der Waals surface area contributed by atoms with Gasteiger partial charge >= 0.3 is 0 Å². The first-order valence-electron chi connectivity index (χ1n) is 6.09. The van der Waals surface area contributed by atoms with Crippen molar-refractivity contribution < 1.29 is 5.11 Å². The third-order valence-corrected chi connectivity index (χ3v) is 3.52. The predicted molar refractivity (Wildman–Crippen MR) is 65.2 cm³/mol. The molecular weight excluding hydrogens is 200 g/mol. The smallest absolute Gasteiger partial charge is 0.0956 e. The minimum atomic E-state index is 0.355. The van der Waals surface area contributed by atoms with E-state index in [0.29, 0.717) is 11.8 Å². The van der Waals surface area contributed by atoms with E-state index in [1.165, 1.54) is 32.1 Å². The summed E-state index contributed by atoms with van der Waals surface area (Å²) in [7, 11) is 0. The maximum Gasteiger partial charge on any atom is 0.0956 e. The summed E-state index contributed by atoms with van der Waals surface area (Å²) < 4.78 is 2.21. The number of aliphatic hydroxyl groups is 1. The molecule has 0 radical (unpaired) electrons. The van der Waals surface area contributed by atoms with Gasteiger partial charge in [0, 0.05) is 17.8 Å². The molecular formula is C13H20N2O. The van der Waals surface area contributed by atoms with E-state index >= 15 is 0 Å². The fourth-order valence-electron chi connectivity index (χ4n) is 2.29. The molecule has 16 heavy (non-hydrogen) atoms. The molecule has 0 bridgehead atoms. The van der Waals surface area contributed by atoms with Gasteiger partial charge in [0.25, 0.3) is 0 Å². The molecule has 0 aromatic carbocycles. The van der Waals surface area contributed by atoms with Crippen LogP contribution < -0.4 is 0 Å². The highest BCUT2D eigenvalue weighted by molar-refractivity contribution is 5.61. The molecule has 2 rings (SSSR count). The minimum absolute atomic E-state index is 0.355. The van der Waals surface area contributed by atoms with Crippen LogP contribution >= 0.6 is 0 Å². The monoisotopic (exact) mass is 220 g/mol. The van der Waals surface area contributed by atoms with Gasteiger partial charge in [-0.3, -0.25) is 0 Å². The Morgan fingerprint density at radius 1 is 1.31 bits per heavy atom. The molecule has 1 aromatic rings. The highest BCUT2D eigenvalue weighted by Gasteiger charge is 2.15. The van der Waals surface area contributed by atoms with Crippen molar-refractivity contribution >= 4 is 5.57 Å².